The van der Waals surface area contributed by atoms with Crippen molar-refractivity contribution in [3.63, 3.8) is 0 Å². The van der Waals surface area contributed by atoms with Crippen molar-refractivity contribution in [2.75, 3.05) is 6.61 Å². The summed E-state index contributed by atoms with van der Waals surface area (Å²) in [4.78, 5) is 0. The lowest BCUT2D eigenvalue weighted by Crippen LogP contribution is -2.36. The van der Waals surface area contributed by atoms with E-state index in [0.717, 1.165) is 25.4 Å². The maximum atomic E-state index is 8.71. The molecule has 0 aromatic carbocycles. The van der Waals surface area contributed by atoms with Crippen LogP contribution in [0.5, 0.6) is 0 Å². The van der Waals surface area contributed by atoms with Crippen LogP contribution in [0.1, 0.15) is 59.3 Å². The summed E-state index contributed by atoms with van der Waals surface area (Å²) in [5.74, 6) is 2.48. The van der Waals surface area contributed by atoms with E-state index in [1.165, 1.54) is 19.3 Å². The van der Waals surface area contributed by atoms with Gasteiger partial charge in [-0.2, -0.15) is 0 Å². The first-order chi connectivity index (χ1) is 9.46. The highest BCUT2D eigenvalue weighted by atomic mass is 16.5. The monoisotopic (exact) mass is 282 g/mol. The van der Waals surface area contributed by atoms with Crippen molar-refractivity contribution in [1.29, 1.82) is 0 Å². The van der Waals surface area contributed by atoms with Gasteiger partial charge in [0.15, 0.2) is 0 Å². The Morgan fingerprint density at radius 3 is 2.65 bits per heavy atom. The van der Waals surface area contributed by atoms with Crippen LogP contribution in [0.25, 0.3) is 0 Å². The molecule has 2 aliphatic carbocycles. The molecule has 3 atom stereocenters. The van der Waals surface area contributed by atoms with Gasteiger partial charge in [0.25, 0.3) is 0 Å². The minimum atomic E-state index is 0.151. The zero-order chi connectivity index (χ0) is 14.8. The van der Waals surface area contributed by atoms with Gasteiger partial charge in [-0.3, -0.25) is 0 Å². The molecule has 2 fully saturated rings. The molecule has 0 saturated heterocycles. The van der Waals surface area contributed by atoms with E-state index in [1.54, 1.807) is 0 Å². The lowest BCUT2D eigenvalue weighted by Gasteiger charge is -2.38. The molecular formula is C16H30N2O2. The summed E-state index contributed by atoms with van der Waals surface area (Å²) < 4.78 is 6.31. The molecule has 0 heterocycles. The van der Waals surface area contributed by atoms with Gasteiger partial charge in [-0.15, -0.1) is 0 Å². The van der Waals surface area contributed by atoms with E-state index < -0.39 is 0 Å². The summed E-state index contributed by atoms with van der Waals surface area (Å²) >= 11 is 0. The van der Waals surface area contributed by atoms with E-state index in [0.29, 0.717) is 30.2 Å². The van der Waals surface area contributed by atoms with Gasteiger partial charge in [0.05, 0.1) is 12.7 Å². The molecule has 0 amide bonds. The summed E-state index contributed by atoms with van der Waals surface area (Å²) in [5.41, 5.74) is 5.80. The first-order valence-corrected chi connectivity index (χ1v) is 8.04. The number of nitrogens with zero attached hydrogens (tertiary/aromatic N) is 1. The lowest BCUT2D eigenvalue weighted by molar-refractivity contribution is -0.0546. The quantitative estimate of drug-likeness (QED) is 0.339. The van der Waals surface area contributed by atoms with E-state index in [-0.39, 0.29) is 5.41 Å². The second kappa shape index (κ2) is 6.33. The van der Waals surface area contributed by atoms with Crippen LogP contribution in [-0.2, 0) is 4.74 Å². The molecule has 20 heavy (non-hydrogen) atoms. The predicted molar refractivity (Wildman–Crippen MR) is 80.8 cm³/mol. The van der Waals surface area contributed by atoms with Gasteiger partial charge in [0, 0.05) is 11.8 Å². The van der Waals surface area contributed by atoms with Gasteiger partial charge in [-0.1, -0.05) is 32.3 Å². The van der Waals surface area contributed by atoms with E-state index in [2.05, 4.69) is 25.9 Å². The largest absolute Gasteiger partial charge is 0.409 e. The average molecular weight is 282 g/mol. The fourth-order valence-corrected chi connectivity index (χ4v) is 3.56. The molecule has 4 nitrogen and oxygen atoms in total. The Kier molecular flexibility index (Phi) is 4.95. The van der Waals surface area contributed by atoms with Gasteiger partial charge >= 0.3 is 0 Å². The predicted octanol–water partition coefficient (Wildman–Crippen LogP) is 3.38. The van der Waals surface area contributed by atoms with Gasteiger partial charge in [-0.25, -0.2) is 0 Å². The van der Waals surface area contributed by atoms with Crippen molar-refractivity contribution in [2.45, 2.75) is 65.4 Å². The molecule has 0 aromatic heterocycles. The van der Waals surface area contributed by atoms with E-state index in [4.69, 9.17) is 15.7 Å². The Hall–Kier alpha value is -0.770. The minimum Gasteiger partial charge on any atom is -0.409 e. The maximum Gasteiger partial charge on any atom is 0.139 e. The molecule has 0 radical (unpaired) electrons. The molecule has 4 heteroatoms. The average Bonchev–Trinajstić information content (AvgIpc) is 3.16. The van der Waals surface area contributed by atoms with Crippen molar-refractivity contribution < 1.29 is 9.94 Å². The molecule has 2 rings (SSSR count). The second-order valence-electron chi connectivity index (χ2n) is 7.44. The fourth-order valence-electron chi connectivity index (χ4n) is 3.56. The molecule has 0 aromatic rings. The number of hydrogen-bond donors (Lipinski definition) is 2. The number of nitrogens with two attached hydrogens (primary N) is 1. The summed E-state index contributed by atoms with van der Waals surface area (Å²) in [7, 11) is 0. The van der Waals surface area contributed by atoms with Gasteiger partial charge in [0.1, 0.15) is 5.84 Å². The summed E-state index contributed by atoms with van der Waals surface area (Å²) in [6, 6.07) is 0. The first-order valence-electron chi connectivity index (χ1n) is 8.04. The molecular weight excluding hydrogens is 252 g/mol. The van der Waals surface area contributed by atoms with Crippen molar-refractivity contribution >= 4 is 5.84 Å². The summed E-state index contributed by atoms with van der Waals surface area (Å²) in [5, 5.41) is 11.8. The van der Waals surface area contributed by atoms with Crippen molar-refractivity contribution in [3.05, 3.63) is 0 Å². The number of hydrogen-bond acceptors (Lipinski definition) is 3. The van der Waals surface area contributed by atoms with E-state index >= 15 is 0 Å². The Bertz CT molecular complexity index is 350. The molecule has 2 saturated carbocycles. The third-order valence-corrected chi connectivity index (χ3v) is 5.21. The lowest BCUT2D eigenvalue weighted by atomic mass is 9.75. The Morgan fingerprint density at radius 1 is 1.40 bits per heavy atom. The molecule has 3 unspecified atom stereocenters. The normalized spacial score (nSPS) is 33.4. The standard InChI is InChI=1S/C16H30N2O2/c1-11(2)13-5-4-12(3)8-14(13)20-10-16(6-7-16)9-15(17)18-19/h11-14,19H,4-10H2,1-3H3,(H2,17,18). The number of oxime groups is 1. The van der Waals surface area contributed by atoms with E-state index in [9.17, 15) is 0 Å². The highest BCUT2D eigenvalue weighted by molar-refractivity contribution is 5.80. The van der Waals surface area contributed by atoms with Crippen molar-refractivity contribution in [1.82, 2.24) is 0 Å². The highest BCUT2D eigenvalue weighted by Gasteiger charge is 2.45. The highest BCUT2D eigenvalue weighted by Crippen LogP contribution is 2.50. The van der Waals surface area contributed by atoms with Crippen LogP contribution in [-0.4, -0.2) is 23.8 Å². The van der Waals surface area contributed by atoms with Gasteiger partial charge in [-0.05, 0) is 43.4 Å². The van der Waals surface area contributed by atoms with E-state index in [1.807, 2.05) is 0 Å². The zero-order valence-electron chi connectivity index (χ0n) is 13.1. The van der Waals surface area contributed by atoms with Gasteiger partial charge in [0.2, 0.25) is 0 Å². The third kappa shape index (κ3) is 3.87. The summed E-state index contributed by atoms with van der Waals surface area (Å²) in [6.45, 7) is 7.71. The molecule has 0 spiro atoms. The Morgan fingerprint density at radius 2 is 2.10 bits per heavy atom. The number of rotatable bonds is 6. The van der Waals surface area contributed by atoms with Crippen LogP contribution in [0.4, 0.5) is 0 Å². The van der Waals surface area contributed by atoms with Crippen molar-refractivity contribution in [3.8, 4) is 0 Å². The topological polar surface area (TPSA) is 67.8 Å². The van der Waals surface area contributed by atoms with Crippen LogP contribution in [0, 0.1) is 23.2 Å². The molecule has 116 valence electrons. The number of amidine groups is 1. The van der Waals surface area contributed by atoms with Crippen LogP contribution in [0.15, 0.2) is 5.16 Å². The van der Waals surface area contributed by atoms with Crippen molar-refractivity contribution in [2.24, 2.45) is 34.1 Å². The van der Waals surface area contributed by atoms with Crippen LogP contribution >= 0.6 is 0 Å². The Balaban J connectivity index is 1.88. The second-order valence-corrected chi connectivity index (χ2v) is 7.44. The van der Waals surface area contributed by atoms with Crippen LogP contribution < -0.4 is 5.73 Å². The van der Waals surface area contributed by atoms with Crippen LogP contribution in [0.3, 0.4) is 0 Å². The van der Waals surface area contributed by atoms with Gasteiger partial charge < -0.3 is 15.7 Å². The SMILES string of the molecule is CC1CCC(C(C)C)C(OCC2(CC(N)=NO)CC2)C1. The summed E-state index contributed by atoms with van der Waals surface area (Å²) in [6.07, 6.45) is 7.13. The fraction of sp³-hybridized carbons (Fsp3) is 0.938. The smallest absolute Gasteiger partial charge is 0.139 e. The Labute approximate surface area is 122 Å². The molecule has 0 aliphatic heterocycles. The molecule has 2 aliphatic rings. The zero-order valence-corrected chi connectivity index (χ0v) is 13.1. The number of ether oxygens (including phenoxy) is 1. The first kappa shape index (κ1) is 15.6. The maximum absolute atomic E-state index is 8.71. The third-order valence-electron chi connectivity index (χ3n) is 5.21. The van der Waals surface area contributed by atoms with Crippen LogP contribution in [0.2, 0.25) is 0 Å². The minimum absolute atomic E-state index is 0.151. The molecule has 0 bridgehead atoms. The molecule has 3 N–H and O–H groups in total.